The van der Waals surface area contributed by atoms with Crippen molar-refractivity contribution in [2.45, 2.75) is 26.3 Å². The summed E-state index contributed by atoms with van der Waals surface area (Å²) in [5.41, 5.74) is 1.76. The summed E-state index contributed by atoms with van der Waals surface area (Å²) in [4.78, 5) is 12.3. The standard InChI is InChI=1S/C19H23ClN2O2/c1-13(2)12-18(14-4-10-17(24-3)11-5-14)22-19(23)21-16-8-6-15(20)7-9-16/h4-11,13,18H,12H2,1-3H3,(H2,21,22,23)/t18-/m1/s1. The van der Waals surface area contributed by atoms with Crippen LogP contribution in [0.25, 0.3) is 0 Å². The van der Waals surface area contributed by atoms with E-state index in [0.29, 0.717) is 16.6 Å². The molecule has 0 aliphatic heterocycles. The van der Waals surface area contributed by atoms with Gasteiger partial charge in [0, 0.05) is 10.7 Å². The lowest BCUT2D eigenvalue weighted by Gasteiger charge is -2.21. The number of rotatable bonds is 6. The minimum atomic E-state index is -0.237. The van der Waals surface area contributed by atoms with Crippen LogP contribution in [0.15, 0.2) is 48.5 Å². The number of ether oxygens (including phenoxy) is 1. The third-order valence-corrected chi connectivity index (χ3v) is 3.88. The zero-order valence-corrected chi connectivity index (χ0v) is 14.9. The fraction of sp³-hybridized carbons (Fsp3) is 0.316. The maximum absolute atomic E-state index is 12.3. The van der Waals surface area contributed by atoms with Gasteiger partial charge in [-0.05, 0) is 54.3 Å². The first-order valence-corrected chi connectivity index (χ1v) is 8.32. The van der Waals surface area contributed by atoms with Crippen LogP contribution in [-0.4, -0.2) is 13.1 Å². The molecule has 2 amide bonds. The number of nitrogens with one attached hydrogen (secondary N) is 2. The Balaban J connectivity index is 2.06. The van der Waals surface area contributed by atoms with Gasteiger partial charge in [0.1, 0.15) is 5.75 Å². The second kappa shape index (κ2) is 8.60. The van der Waals surface area contributed by atoms with Gasteiger partial charge in [-0.3, -0.25) is 0 Å². The molecule has 2 aromatic rings. The van der Waals surface area contributed by atoms with Gasteiger partial charge in [0.15, 0.2) is 0 Å². The van der Waals surface area contributed by atoms with Gasteiger partial charge in [0.2, 0.25) is 0 Å². The Morgan fingerprint density at radius 3 is 2.25 bits per heavy atom. The highest BCUT2D eigenvalue weighted by Gasteiger charge is 2.16. The minimum absolute atomic E-state index is 0.0665. The number of urea groups is 1. The molecule has 5 heteroatoms. The number of anilines is 1. The van der Waals surface area contributed by atoms with E-state index in [-0.39, 0.29) is 12.1 Å². The van der Waals surface area contributed by atoms with E-state index in [1.165, 1.54) is 0 Å². The quantitative estimate of drug-likeness (QED) is 0.749. The molecule has 0 aromatic heterocycles. The Morgan fingerprint density at radius 1 is 1.08 bits per heavy atom. The predicted octanol–water partition coefficient (Wildman–Crippen LogP) is 5.26. The van der Waals surface area contributed by atoms with Gasteiger partial charge in [-0.1, -0.05) is 37.6 Å². The number of methoxy groups -OCH3 is 1. The van der Waals surface area contributed by atoms with Crippen LogP contribution >= 0.6 is 11.6 Å². The van der Waals surface area contributed by atoms with Crippen LogP contribution in [-0.2, 0) is 0 Å². The maximum Gasteiger partial charge on any atom is 0.319 e. The van der Waals surface area contributed by atoms with Crippen LogP contribution in [0.1, 0.15) is 31.9 Å². The molecule has 0 saturated carbocycles. The van der Waals surface area contributed by atoms with Crippen molar-refractivity contribution < 1.29 is 9.53 Å². The van der Waals surface area contributed by atoms with E-state index in [9.17, 15) is 4.79 Å². The summed E-state index contributed by atoms with van der Waals surface area (Å²) in [6, 6.07) is 14.5. The Bertz CT molecular complexity index is 654. The van der Waals surface area contributed by atoms with E-state index in [1.54, 1.807) is 31.4 Å². The van der Waals surface area contributed by atoms with Crippen molar-refractivity contribution >= 4 is 23.3 Å². The average Bonchev–Trinajstić information content (AvgIpc) is 2.56. The van der Waals surface area contributed by atoms with Gasteiger partial charge in [-0.25, -0.2) is 4.79 Å². The van der Waals surface area contributed by atoms with Crippen LogP contribution in [0.3, 0.4) is 0 Å². The largest absolute Gasteiger partial charge is 0.497 e. The number of halogens is 1. The fourth-order valence-electron chi connectivity index (χ4n) is 2.44. The third-order valence-electron chi connectivity index (χ3n) is 3.63. The molecular formula is C19H23ClN2O2. The first-order chi connectivity index (χ1) is 11.5. The molecule has 0 aliphatic carbocycles. The van der Waals surface area contributed by atoms with Gasteiger partial charge < -0.3 is 15.4 Å². The van der Waals surface area contributed by atoms with E-state index in [0.717, 1.165) is 17.7 Å². The van der Waals surface area contributed by atoms with Crippen molar-refractivity contribution in [2.24, 2.45) is 5.92 Å². The van der Waals surface area contributed by atoms with Crippen LogP contribution in [0, 0.1) is 5.92 Å². The Kier molecular flexibility index (Phi) is 6.50. The molecule has 0 bridgehead atoms. The molecule has 0 radical (unpaired) electrons. The highest BCUT2D eigenvalue weighted by molar-refractivity contribution is 6.30. The van der Waals surface area contributed by atoms with Gasteiger partial charge in [-0.2, -0.15) is 0 Å². The van der Waals surface area contributed by atoms with Crippen molar-refractivity contribution in [3.63, 3.8) is 0 Å². The lowest BCUT2D eigenvalue weighted by molar-refractivity contribution is 0.246. The Morgan fingerprint density at radius 2 is 1.71 bits per heavy atom. The second-order valence-corrected chi connectivity index (χ2v) is 6.50. The zero-order chi connectivity index (χ0) is 17.5. The highest BCUT2D eigenvalue weighted by Crippen LogP contribution is 2.24. The van der Waals surface area contributed by atoms with Crippen LogP contribution in [0.4, 0.5) is 10.5 Å². The summed E-state index contributed by atoms with van der Waals surface area (Å²) < 4.78 is 5.19. The minimum Gasteiger partial charge on any atom is -0.497 e. The van der Waals surface area contributed by atoms with Gasteiger partial charge in [0.05, 0.1) is 13.2 Å². The summed E-state index contributed by atoms with van der Waals surface area (Å²) >= 11 is 5.86. The number of amides is 2. The molecule has 0 aliphatic rings. The number of benzene rings is 2. The van der Waals surface area contributed by atoms with Gasteiger partial charge in [0.25, 0.3) is 0 Å². The molecule has 0 spiro atoms. The lowest BCUT2D eigenvalue weighted by Crippen LogP contribution is -2.33. The van der Waals surface area contributed by atoms with Crippen molar-refractivity contribution in [3.8, 4) is 5.75 Å². The number of hydrogen-bond donors (Lipinski definition) is 2. The second-order valence-electron chi connectivity index (χ2n) is 6.06. The molecule has 1 atom stereocenters. The molecule has 2 aromatic carbocycles. The molecule has 0 heterocycles. The normalized spacial score (nSPS) is 11.9. The molecule has 2 N–H and O–H groups in total. The SMILES string of the molecule is COc1ccc([C@@H](CC(C)C)NC(=O)Nc2ccc(Cl)cc2)cc1. The van der Waals surface area contributed by atoms with E-state index in [2.05, 4.69) is 24.5 Å². The monoisotopic (exact) mass is 346 g/mol. The van der Waals surface area contributed by atoms with Crippen LogP contribution in [0.2, 0.25) is 5.02 Å². The summed E-state index contributed by atoms with van der Waals surface area (Å²) in [7, 11) is 1.64. The molecule has 4 nitrogen and oxygen atoms in total. The first-order valence-electron chi connectivity index (χ1n) is 7.95. The topological polar surface area (TPSA) is 50.4 Å². The van der Waals surface area contributed by atoms with Crippen molar-refractivity contribution in [1.82, 2.24) is 5.32 Å². The van der Waals surface area contributed by atoms with Gasteiger partial charge in [-0.15, -0.1) is 0 Å². The Hall–Kier alpha value is -2.20. The molecule has 24 heavy (non-hydrogen) atoms. The van der Waals surface area contributed by atoms with Crippen molar-refractivity contribution in [1.29, 1.82) is 0 Å². The first kappa shape index (κ1) is 18.1. The predicted molar refractivity (Wildman–Crippen MR) is 98.8 cm³/mol. The maximum atomic E-state index is 12.3. The number of hydrogen-bond acceptors (Lipinski definition) is 2. The summed E-state index contributed by atoms with van der Waals surface area (Å²) in [5.74, 6) is 1.25. The third kappa shape index (κ3) is 5.46. The van der Waals surface area contributed by atoms with E-state index >= 15 is 0 Å². The van der Waals surface area contributed by atoms with Gasteiger partial charge >= 0.3 is 6.03 Å². The van der Waals surface area contributed by atoms with E-state index < -0.39 is 0 Å². The molecule has 128 valence electrons. The summed E-state index contributed by atoms with van der Waals surface area (Å²) in [6.07, 6.45) is 0.848. The lowest BCUT2D eigenvalue weighted by atomic mass is 9.97. The van der Waals surface area contributed by atoms with E-state index in [4.69, 9.17) is 16.3 Å². The highest BCUT2D eigenvalue weighted by atomic mass is 35.5. The summed E-state index contributed by atoms with van der Waals surface area (Å²) in [6.45, 7) is 4.27. The molecule has 0 fully saturated rings. The summed E-state index contributed by atoms with van der Waals surface area (Å²) in [5, 5.41) is 6.51. The zero-order valence-electron chi connectivity index (χ0n) is 14.2. The fourth-order valence-corrected chi connectivity index (χ4v) is 2.57. The molecule has 0 unspecified atom stereocenters. The van der Waals surface area contributed by atoms with Crippen LogP contribution < -0.4 is 15.4 Å². The van der Waals surface area contributed by atoms with Crippen LogP contribution in [0.5, 0.6) is 5.75 Å². The number of carbonyl (C=O) groups is 1. The van der Waals surface area contributed by atoms with Crippen molar-refractivity contribution in [2.75, 3.05) is 12.4 Å². The average molecular weight is 347 g/mol. The molecule has 0 saturated heterocycles. The Labute approximate surface area is 148 Å². The van der Waals surface area contributed by atoms with Crippen molar-refractivity contribution in [3.05, 3.63) is 59.1 Å². The molecular weight excluding hydrogens is 324 g/mol. The van der Waals surface area contributed by atoms with E-state index in [1.807, 2.05) is 24.3 Å². The number of carbonyl (C=O) groups excluding carboxylic acids is 1. The smallest absolute Gasteiger partial charge is 0.319 e. The molecule has 2 rings (SSSR count).